The Morgan fingerprint density at radius 1 is 1.31 bits per heavy atom. The van der Waals surface area contributed by atoms with Gasteiger partial charge in [-0.3, -0.25) is 0 Å². The fourth-order valence-electron chi connectivity index (χ4n) is 1.04. The molecule has 0 heterocycles. The van der Waals surface area contributed by atoms with Crippen LogP contribution in [0.5, 0.6) is 11.5 Å². The van der Waals surface area contributed by atoms with Crippen molar-refractivity contribution < 1.29 is 9.47 Å². The van der Waals surface area contributed by atoms with Crippen LogP contribution < -0.4 is 9.47 Å². The third-order valence-corrected chi connectivity index (χ3v) is 1.58. The molecule has 1 aromatic carbocycles. The van der Waals surface area contributed by atoms with Gasteiger partial charge in [0.2, 0.25) is 0 Å². The number of terminal acetylenes is 1. The van der Waals surface area contributed by atoms with Gasteiger partial charge in [-0.1, -0.05) is 5.92 Å². The topological polar surface area (TPSA) is 18.5 Å². The number of ether oxygens (including phenoxy) is 2. The second-order valence-corrected chi connectivity index (χ2v) is 2.68. The van der Waals surface area contributed by atoms with Crippen LogP contribution in [0.3, 0.4) is 0 Å². The maximum absolute atomic E-state index is 5.26. The van der Waals surface area contributed by atoms with E-state index in [1.165, 1.54) is 0 Å². The van der Waals surface area contributed by atoms with Gasteiger partial charge < -0.3 is 9.47 Å². The molecule has 0 amide bonds. The quantitative estimate of drug-likeness (QED) is 0.656. The van der Waals surface area contributed by atoms with Gasteiger partial charge in [-0.05, 0) is 24.6 Å². The summed E-state index contributed by atoms with van der Waals surface area (Å²) in [5.41, 5.74) is 1.09. The normalized spacial score (nSPS) is 9.00. The third kappa shape index (κ3) is 2.72. The molecule has 0 aliphatic heterocycles. The molecule has 1 rings (SSSR count). The average Bonchev–Trinajstić information content (AvgIpc) is 2.14. The Bertz CT molecular complexity index is 323. The number of hydrogen-bond acceptors (Lipinski definition) is 2. The van der Waals surface area contributed by atoms with Crippen LogP contribution in [-0.4, -0.2) is 13.7 Å². The maximum Gasteiger partial charge on any atom is 0.148 e. The Morgan fingerprint density at radius 3 is 2.62 bits per heavy atom. The van der Waals surface area contributed by atoms with Crippen LogP contribution in [0.4, 0.5) is 0 Å². The molecule has 13 heavy (non-hydrogen) atoms. The van der Waals surface area contributed by atoms with Crippen molar-refractivity contribution in [3.05, 3.63) is 23.8 Å². The minimum atomic E-state index is 0.284. The fourth-order valence-corrected chi connectivity index (χ4v) is 1.04. The van der Waals surface area contributed by atoms with Gasteiger partial charge in [-0.25, -0.2) is 0 Å². The van der Waals surface area contributed by atoms with Gasteiger partial charge in [0, 0.05) is 6.07 Å². The highest BCUT2D eigenvalue weighted by Crippen LogP contribution is 2.21. The lowest BCUT2D eigenvalue weighted by Gasteiger charge is -2.06. The van der Waals surface area contributed by atoms with Crippen molar-refractivity contribution in [1.82, 2.24) is 0 Å². The van der Waals surface area contributed by atoms with E-state index in [1.54, 1.807) is 7.11 Å². The standard InChI is InChI=1S/C11H12O2/c1-4-5-13-11-7-9(2)6-10(8-11)12-3/h1,6-8H,5H2,2-3H3. The van der Waals surface area contributed by atoms with Crippen molar-refractivity contribution in [2.45, 2.75) is 6.92 Å². The molecule has 0 fully saturated rings. The molecule has 0 bridgehead atoms. The number of aryl methyl sites for hydroxylation is 1. The molecular formula is C11H12O2. The zero-order valence-electron chi connectivity index (χ0n) is 7.83. The highest BCUT2D eigenvalue weighted by molar-refractivity contribution is 5.37. The van der Waals surface area contributed by atoms with E-state index in [0.29, 0.717) is 0 Å². The van der Waals surface area contributed by atoms with Crippen LogP contribution in [0.1, 0.15) is 5.56 Å². The van der Waals surface area contributed by atoms with Crippen LogP contribution in [0.15, 0.2) is 18.2 Å². The number of benzene rings is 1. The van der Waals surface area contributed by atoms with Gasteiger partial charge >= 0.3 is 0 Å². The van der Waals surface area contributed by atoms with Crippen molar-refractivity contribution in [3.63, 3.8) is 0 Å². The Kier molecular flexibility index (Phi) is 3.22. The molecule has 0 saturated heterocycles. The Balaban J connectivity index is 2.83. The van der Waals surface area contributed by atoms with Crippen LogP contribution in [0.25, 0.3) is 0 Å². The highest BCUT2D eigenvalue weighted by atomic mass is 16.5. The van der Waals surface area contributed by atoms with E-state index >= 15 is 0 Å². The lowest BCUT2D eigenvalue weighted by molar-refractivity contribution is 0.363. The summed E-state index contributed by atoms with van der Waals surface area (Å²) >= 11 is 0. The second-order valence-electron chi connectivity index (χ2n) is 2.68. The molecule has 0 spiro atoms. The molecule has 0 atom stereocenters. The molecule has 0 N–H and O–H groups in total. The molecule has 1 aromatic rings. The van der Waals surface area contributed by atoms with Crippen LogP contribution in [0, 0.1) is 19.3 Å². The van der Waals surface area contributed by atoms with Crippen LogP contribution in [-0.2, 0) is 0 Å². The number of hydrogen-bond donors (Lipinski definition) is 0. The van der Waals surface area contributed by atoms with Gasteiger partial charge in [-0.15, -0.1) is 6.42 Å². The predicted molar refractivity (Wildman–Crippen MR) is 52.1 cm³/mol. The second kappa shape index (κ2) is 4.42. The Labute approximate surface area is 78.5 Å². The molecule has 0 aliphatic carbocycles. The zero-order chi connectivity index (χ0) is 9.68. The Morgan fingerprint density at radius 2 is 2.00 bits per heavy atom. The summed E-state index contributed by atoms with van der Waals surface area (Å²) in [6.45, 7) is 2.26. The largest absolute Gasteiger partial charge is 0.497 e. The van der Waals surface area contributed by atoms with Crippen LogP contribution >= 0.6 is 0 Å². The first kappa shape index (κ1) is 9.47. The highest BCUT2D eigenvalue weighted by Gasteiger charge is 1.98. The zero-order valence-corrected chi connectivity index (χ0v) is 7.83. The van der Waals surface area contributed by atoms with Crippen LogP contribution in [0.2, 0.25) is 0 Å². The minimum Gasteiger partial charge on any atom is -0.497 e. The lowest BCUT2D eigenvalue weighted by Crippen LogP contribution is -1.94. The third-order valence-electron chi connectivity index (χ3n) is 1.58. The molecule has 2 heteroatoms. The van der Waals surface area contributed by atoms with Crippen molar-refractivity contribution >= 4 is 0 Å². The predicted octanol–water partition coefficient (Wildman–Crippen LogP) is 2.02. The molecule has 0 unspecified atom stereocenters. The minimum absolute atomic E-state index is 0.284. The van der Waals surface area contributed by atoms with E-state index in [-0.39, 0.29) is 6.61 Å². The van der Waals surface area contributed by atoms with Gasteiger partial charge in [-0.2, -0.15) is 0 Å². The average molecular weight is 176 g/mol. The van der Waals surface area contributed by atoms with E-state index < -0.39 is 0 Å². The molecule has 68 valence electrons. The molecule has 0 aliphatic rings. The first-order chi connectivity index (χ1) is 6.26. The van der Waals surface area contributed by atoms with Gasteiger partial charge in [0.1, 0.15) is 18.1 Å². The van der Waals surface area contributed by atoms with E-state index in [4.69, 9.17) is 15.9 Å². The van der Waals surface area contributed by atoms with E-state index in [0.717, 1.165) is 17.1 Å². The molecule has 0 aromatic heterocycles. The summed E-state index contributed by atoms with van der Waals surface area (Å²) in [4.78, 5) is 0. The number of rotatable bonds is 3. The van der Waals surface area contributed by atoms with Crippen molar-refractivity contribution in [3.8, 4) is 23.8 Å². The summed E-state index contributed by atoms with van der Waals surface area (Å²) in [5, 5.41) is 0. The van der Waals surface area contributed by atoms with Gasteiger partial charge in [0.25, 0.3) is 0 Å². The van der Waals surface area contributed by atoms with Crippen molar-refractivity contribution in [2.24, 2.45) is 0 Å². The Hall–Kier alpha value is -1.62. The summed E-state index contributed by atoms with van der Waals surface area (Å²) in [6.07, 6.45) is 5.08. The molecular weight excluding hydrogens is 164 g/mol. The molecule has 0 radical (unpaired) electrons. The monoisotopic (exact) mass is 176 g/mol. The van der Waals surface area contributed by atoms with Crippen molar-refractivity contribution in [2.75, 3.05) is 13.7 Å². The molecule has 0 saturated carbocycles. The van der Waals surface area contributed by atoms with Gasteiger partial charge in [0.05, 0.1) is 7.11 Å². The summed E-state index contributed by atoms with van der Waals surface area (Å²) < 4.78 is 10.3. The van der Waals surface area contributed by atoms with E-state index in [2.05, 4.69) is 5.92 Å². The first-order valence-corrected chi connectivity index (χ1v) is 3.98. The summed E-state index contributed by atoms with van der Waals surface area (Å²) in [6, 6.07) is 5.66. The SMILES string of the molecule is C#CCOc1cc(C)cc(OC)c1. The fraction of sp³-hybridized carbons (Fsp3) is 0.273. The first-order valence-electron chi connectivity index (χ1n) is 3.98. The van der Waals surface area contributed by atoms with E-state index in [9.17, 15) is 0 Å². The smallest absolute Gasteiger partial charge is 0.148 e. The summed E-state index contributed by atoms with van der Waals surface area (Å²) in [5.74, 6) is 3.94. The maximum atomic E-state index is 5.26. The van der Waals surface area contributed by atoms with E-state index in [1.807, 2.05) is 25.1 Å². The van der Waals surface area contributed by atoms with Crippen molar-refractivity contribution in [1.29, 1.82) is 0 Å². The van der Waals surface area contributed by atoms with Gasteiger partial charge in [0.15, 0.2) is 0 Å². The lowest BCUT2D eigenvalue weighted by atomic mass is 10.2. The number of methoxy groups -OCH3 is 1. The molecule has 2 nitrogen and oxygen atoms in total. The summed E-state index contributed by atoms with van der Waals surface area (Å²) in [7, 11) is 1.62.